The summed E-state index contributed by atoms with van der Waals surface area (Å²) >= 11 is 1.74. The molecule has 3 heterocycles. The fourth-order valence-corrected chi connectivity index (χ4v) is 3.70. The molecule has 0 spiro atoms. The summed E-state index contributed by atoms with van der Waals surface area (Å²) in [6.07, 6.45) is 1.99. The van der Waals surface area contributed by atoms with Crippen molar-refractivity contribution >= 4 is 17.7 Å². The van der Waals surface area contributed by atoms with Crippen molar-refractivity contribution in [1.29, 1.82) is 0 Å². The second-order valence-corrected chi connectivity index (χ2v) is 6.63. The first-order valence-electron chi connectivity index (χ1n) is 7.71. The van der Waals surface area contributed by atoms with Crippen LogP contribution >= 0.6 is 11.8 Å². The third-order valence-electron chi connectivity index (χ3n) is 3.92. The Labute approximate surface area is 143 Å². The number of carbonyl (C=O) groups is 1. The molecule has 0 bridgehead atoms. The van der Waals surface area contributed by atoms with E-state index >= 15 is 0 Å². The van der Waals surface area contributed by atoms with Gasteiger partial charge >= 0.3 is 0 Å². The number of carbonyl (C=O) groups excluding carboxylic acids is 1. The predicted molar refractivity (Wildman–Crippen MR) is 90.8 cm³/mol. The maximum absolute atomic E-state index is 12.6. The summed E-state index contributed by atoms with van der Waals surface area (Å²) in [5.74, 6) is 1.37. The summed E-state index contributed by atoms with van der Waals surface area (Å²) in [4.78, 5) is 17.1. The van der Waals surface area contributed by atoms with Crippen LogP contribution in [-0.4, -0.2) is 26.4 Å². The Morgan fingerprint density at radius 2 is 2.21 bits per heavy atom. The van der Waals surface area contributed by atoms with Crippen molar-refractivity contribution < 1.29 is 9.32 Å². The summed E-state index contributed by atoms with van der Waals surface area (Å²) < 4.78 is 7.36. The summed E-state index contributed by atoms with van der Waals surface area (Å²) in [6, 6.07) is 9.55. The number of aromatic nitrogens is 3. The number of fused-ring (bicyclic) bond motifs is 1. The highest BCUT2D eigenvalue weighted by atomic mass is 32.2. The Morgan fingerprint density at radius 3 is 3.00 bits per heavy atom. The third kappa shape index (κ3) is 2.71. The van der Waals surface area contributed by atoms with Gasteiger partial charge in [-0.15, -0.1) is 0 Å². The summed E-state index contributed by atoms with van der Waals surface area (Å²) in [5, 5.41) is 7.98. The van der Waals surface area contributed by atoms with Crippen LogP contribution in [0.2, 0.25) is 0 Å². The first-order valence-corrected chi connectivity index (χ1v) is 8.69. The largest absolute Gasteiger partial charge is 0.360 e. The Hall–Kier alpha value is -2.54. The second kappa shape index (κ2) is 6.16. The molecule has 1 amide bonds. The number of hydrogen-bond acceptors (Lipinski definition) is 5. The fourth-order valence-electron chi connectivity index (χ4n) is 2.74. The van der Waals surface area contributed by atoms with Gasteiger partial charge in [0.25, 0.3) is 5.91 Å². The lowest BCUT2D eigenvalue weighted by Gasteiger charge is -2.04. The molecule has 6 nitrogen and oxygen atoms in total. The normalized spacial score (nSPS) is 13.0. The fraction of sp³-hybridized carbons (Fsp3) is 0.235. The molecule has 1 aliphatic rings. The average molecular weight is 340 g/mol. The minimum atomic E-state index is -0.201. The van der Waals surface area contributed by atoms with Gasteiger partial charge < -0.3 is 14.4 Å². The van der Waals surface area contributed by atoms with Crippen LogP contribution in [0, 0.1) is 6.92 Å². The van der Waals surface area contributed by atoms with Crippen molar-refractivity contribution in [2.75, 3.05) is 5.75 Å². The molecule has 0 saturated carbocycles. The van der Waals surface area contributed by atoms with Gasteiger partial charge in [0.15, 0.2) is 5.16 Å². The number of nitrogens with one attached hydrogen (secondary N) is 1. The molecule has 0 unspecified atom stereocenters. The zero-order valence-corrected chi connectivity index (χ0v) is 14.0. The molecule has 24 heavy (non-hydrogen) atoms. The van der Waals surface area contributed by atoms with E-state index < -0.39 is 0 Å². The number of benzene rings is 1. The van der Waals surface area contributed by atoms with E-state index in [9.17, 15) is 4.79 Å². The second-order valence-electron chi connectivity index (χ2n) is 5.57. The van der Waals surface area contributed by atoms with Crippen molar-refractivity contribution in [3.05, 3.63) is 53.5 Å². The highest BCUT2D eigenvalue weighted by Gasteiger charge is 2.22. The topological polar surface area (TPSA) is 73.0 Å². The number of nitrogens with zero attached hydrogens (tertiary/aromatic N) is 3. The van der Waals surface area contributed by atoms with E-state index in [0.717, 1.165) is 28.7 Å². The molecule has 122 valence electrons. The third-order valence-corrected chi connectivity index (χ3v) is 4.89. The molecule has 7 heteroatoms. The van der Waals surface area contributed by atoms with Gasteiger partial charge in [-0.3, -0.25) is 4.79 Å². The first kappa shape index (κ1) is 15.0. The molecule has 1 N–H and O–H groups in total. The van der Waals surface area contributed by atoms with Crippen LogP contribution in [0.15, 0.2) is 46.2 Å². The highest BCUT2D eigenvalue weighted by Crippen LogP contribution is 2.26. The molecule has 1 aliphatic heterocycles. The molecular weight excluding hydrogens is 324 g/mol. The standard InChI is InChI=1S/C17H16N4O2S/c1-11-14(15(20-23-11)12-5-3-2-4-6-12)16(22)18-9-13-10-21-7-8-24-17(21)19-13/h2-6,10H,7-9H2,1H3,(H,18,22). The number of amides is 1. The summed E-state index contributed by atoms with van der Waals surface area (Å²) in [7, 11) is 0. The maximum atomic E-state index is 12.6. The van der Waals surface area contributed by atoms with Gasteiger partial charge in [-0.05, 0) is 6.92 Å². The minimum absolute atomic E-state index is 0.201. The molecule has 0 fully saturated rings. The van der Waals surface area contributed by atoms with Crippen LogP contribution in [0.4, 0.5) is 0 Å². The minimum Gasteiger partial charge on any atom is -0.360 e. The molecular formula is C17H16N4O2S. The molecule has 3 aromatic rings. The predicted octanol–water partition coefficient (Wildman–Crippen LogP) is 2.88. The summed E-state index contributed by atoms with van der Waals surface area (Å²) in [6.45, 7) is 3.11. The number of imidazole rings is 1. The van der Waals surface area contributed by atoms with Crippen molar-refractivity contribution in [3.8, 4) is 11.3 Å². The van der Waals surface area contributed by atoms with Gasteiger partial charge in [-0.25, -0.2) is 4.98 Å². The number of aryl methyl sites for hydroxylation is 2. The number of rotatable bonds is 4. The Balaban J connectivity index is 1.53. The van der Waals surface area contributed by atoms with E-state index in [4.69, 9.17) is 4.52 Å². The molecule has 2 aromatic heterocycles. The van der Waals surface area contributed by atoms with Gasteiger partial charge in [-0.2, -0.15) is 0 Å². The van der Waals surface area contributed by atoms with Crippen LogP contribution in [0.3, 0.4) is 0 Å². The van der Waals surface area contributed by atoms with Crippen molar-refractivity contribution in [3.63, 3.8) is 0 Å². The van der Waals surface area contributed by atoms with E-state index in [0.29, 0.717) is 23.6 Å². The smallest absolute Gasteiger partial charge is 0.257 e. The molecule has 0 saturated heterocycles. The Kier molecular flexibility index (Phi) is 3.86. The number of hydrogen-bond donors (Lipinski definition) is 1. The van der Waals surface area contributed by atoms with Crippen LogP contribution < -0.4 is 5.32 Å². The molecule has 4 rings (SSSR count). The Morgan fingerprint density at radius 1 is 1.38 bits per heavy atom. The molecule has 0 aliphatic carbocycles. The van der Waals surface area contributed by atoms with E-state index in [1.807, 2.05) is 36.5 Å². The van der Waals surface area contributed by atoms with Crippen molar-refractivity contribution in [2.24, 2.45) is 0 Å². The summed E-state index contributed by atoms with van der Waals surface area (Å²) in [5.41, 5.74) is 2.76. The lowest BCUT2D eigenvalue weighted by Crippen LogP contribution is -2.24. The van der Waals surface area contributed by atoms with Gasteiger partial charge in [0.1, 0.15) is 17.0 Å². The lowest BCUT2D eigenvalue weighted by atomic mass is 10.1. The van der Waals surface area contributed by atoms with E-state index in [2.05, 4.69) is 20.0 Å². The molecule has 0 atom stereocenters. The monoisotopic (exact) mass is 340 g/mol. The zero-order valence-electron chi connectivity index (χ0n) is 13.2. The number of thioether (sulfide) groups is 1. The lowest BCUT2D eigenvalue weighted by molar-refractivity contribution is 0.0949. The van der Waals surface area contributed by atoms with Gasteiger partial charge in [0, 0.05) is 24.1 Å². The van der Waals surface area contributed by atoms with E-state index in [1.165, 1.54) is 0 Å². The van der Waals surface area contributed by atoms with Crippen LogP contribution in [0.5, 0.6) is 0 Å². The van der Waals surface area contributed by atoms with Crippen molar-refractivity contribution in [2.45, 2.75) is 25.2 Å². The molecule has 1 aromatic carbocycles. The molecule has 0 radical (unpaired) electrons. The maximum Gasteiger partial charge on any atom is 0.257 e. The average Bonchev–Trinajstić information content (AvgIpc) is 3.27. The van der Waals surface area contributed by atoms with E-state index in [1.54, 1.807) is 18.7 Å². The van der Waals surface area contributed by atoms with E-state index in [-0.39, 0.29) is 5.91 Å². The first-order chi connectivity index (χ1) is 11.7. The van der Waals surface area contributed by atoms with Gasteiger partial charge in [0.2, 0.25) is 0 Å². The van der Waals surface area contributed by atoms with Crippen LogP contribution in [-0.2, 0) is 13.1 Å². The quantitative estimate of drug-likeness (QED) is 0.790. The van der Waals surface area contributed by atoms with Gasteiger partial charge in [0.05, 0.1) is 12.2 Å². The Bertz CT molecular complexity index is 864. The SMILES string of the molecule is Cc1onc(-c2ccccc2)c1C(=O)NCc1cn2c(n1)SCC2. The van der Waals surface area contributed by atoms with Crippen LogP contribution in [0.1, 0.15) is 21.8 Å². The van der Waals surface area contributed by atoms with Crippen LogP contribution in [0.25, 0.3) is 11.3 Å². The van der Waals surface area contributed by atoms with Gasteiger partial charge in [-0.1, -0.05) is 47.3 Å². The van der Waals surface area contributed by atoms with Crippen molar-refractivity contribution in [1.82, 2.24) is 20.0 Å². The zero-order chi connectivity index (χ0) is 16.5. The highest BCUT2D eigenvalue weighted by molar-refractivity contribution is 7.99.